The number of thioether (sulfide) groups is 1. The topological polar surface area (TPSA) is 186 Å². The van der Waals surface area contributed by atoms with E-state index in [9.17, 15) is 24.3 Å². The van der Waals surface area contributed by atoms with Crippen LogP contribution in [-0.2, 0) is 28.8 Å². The first-order valence-corrected chi connectivity index (χ1v) is 15.2. The second-order valence-corrected chi connectivity index (χ2v) is 13.0. The van der Waals surface area contributed by atoms with Gasteiger partial charge < -0.3 is 35.5 Å². The molecule has 0 radical (unpaired) electrons. The van der Waals surface area contributed by atoms with Crippen molar-refractivity contribution in [1.82, 2.24) is 20.5 Å². The number of ether oxygens (including phenoxy) is 1. The standard InChI is InChI=1S/C25H33N7O7S2/c1-25(2,23(36)37)39-30-16(15-12-41-24(26)28-15)19(33)29-17-20(34)31-18(22(35)38-3)13(11-40-21(17)31)10-32-7-4-5-14(32)9-27-6-8-32/h12,14,17,21,27H,4-11H2,1-3H3,(H3-,26,28,29,33,36,37)/p+1/b30-16-/t14-,17+,21+,32?/m0/s1. The number of carbonyl (C=O) groups excluding carboxylic acids is 3. The van der Waals surface area contributed by atoms with Crippen molar-refractivity contribution in [3.05, 3.63) is 22.3 Å². The van der Waals surface area contributed by atoms with Crippen molar-refractivity contribution in [2.75, 3.05) is 51.3 Å². The van der Waals surface area contributed by atoms with Gasteiger partial charge in [0.05, 0.1) is 20.2 Å². The molecule has 0 spiro atoms. The van der Waals surface area contributed by atoms with Gasteiger partial charge in [-0.25, -0.2) is 14.6 Å². The van der Waals surface area contributed by atoms with Crippen LogP contribution in [0.3, 0.4) is 0 Å². The molecule has 1 aromatic rings. The maximum absolute atomic E-state index is 13.5. The molecule has 4 aliphatic heterocycles. The Morgan fingerprint density at radius 3 is 2.83 bits per heavy atom. The lowest BCUT2D eigenvalue weighted by atomic mass is 10.0. The highest BCUT2D eigenvalue weighted by atomic mass is 32.2. The molecule has 222 valence electrons. The fraction of sp³-hybridized carbons (Fsp3) is 0.600. The summed E-state index contributed by atoms with van der Waals surface area (Å²) in [7, 11) is 1.30. The molecule has 3 saturated heterocycles. The van der Waals surface area contributed by atoms with Gasteiger partial charge in [-0.3, -0.25) is 14.5 Å². The summed E-state index contributed by atoms with van der Waals surface area (Å²) in [6.45, 7) is 7.09. The van der Waals surface area contributed by atoms with E-state index in [0.717, 1.165) is 60.4 Å². The Hall–Kier alpha value is -3.21. The van der Waals surface area contributed by atoms with E-state index < -0.39 is 40.8 Å². The number of hydrogen-bond donors (Lipinski definition) is 4. The number of hydrogen-bond acceptors (Lipinski definition) is 12. The molecule has 3 fully saturated rings. The number of quaternary nitrogens is 1. The van der Waals surface area contributed by atoms with Gasteiger partial charge in [-0.15, -0.1) is 23.1 Å². The van der Waals surface area contributed by atoms with Crippen LogP contribution in [0.2, 0.25) is 0 Å². The summed E-state index contributed by atoms with van der Waals surface area (Å²) in [6, 6.07) is -0.476. The molecule has 5 heterocycles. The molecule has 0 bridgehead atoms. The number of thiazole rings is 1. The van der Waals surface area contributed by atoms with Gasteiger partial charge in [-0.1, -0.05) is 5.16 Å². The molecule has 2 amide bonds. The molecule has 0 aliphatic carbocycles. The van der Waals surface area contributed by atoms with Gasteiger partial charge in [0.15, 0.2) is 10.8 Å². The summed E-state index contributed by atoms with van der Waals surface area (Å²) in [6.07, 6.45) is 2.25. The highest BCUT2D eigenvalue weighted by Crippen LogP contribution is 2.42. The number of piperazine rings is 1. The number of anilines is 1. The van der Waals surface area contributed by atoms with E-state index in [1.165, 1.54) is 43.0 Å². The Kier molecular flexibility index (Phi) is 8.02. The number of carboxylic acids is 1. The number of amides is 2. The number of aromatic nitrogens is 1. The number of esters is 1. The van der Waals surface area contributed by atoms with Gasteiger partial charge in [0, 0.05) is 42.6 Å². The Balaban J connectivity index is 1.37. The van der Waals surface area contributed by atoms with Crippen molar-refractivity contribution < 1.29 is 38.3 Å². The number of carboxylic acid groups (broad SMARTS) is 1. The molecule has 5 N–H and O–H groups in total. The van der Waals surface area contributed by atoms with Gasteiger partial charge in [0.25, 0.3) is 11.8 Å². The van der Waals surface area contributed by atoms with Gasteiger partial charge in [0.1, 0.15) is 35.4 Å². The van der Waals surface area contributed by atoms with Crippen LogP contribution in [0.25, 0.3) is 0 Å². The Morgan fingerprint density at radius 2 is 2.15 bits per heavy atom. The average Bonchev–Trinajstić information content (AvgIpc) is 3.57. The Bertz CT molecular complexity index is 1330. The number of nitrogen functional groups attached to an aromatic ring is 1. The number of aliphatic carboxylic acids is 1. The summed E-state index contributed by atoms with van der Waals surface area (Å²) in [5, 5.41) is 20.4. The molecule has 1 aromatic heterocycles. The van der Waals surface area contributed by atoms with Crippen LogP contribution in [0, 0.1) is 0 Å². The van der Waals surface area contributed by atoms with E-state index in [2.05, 4.69) is 20.8 Å². The molecular formula is C25H34N7O7S2+. The van der Waals surface area contributed by atoms with Crippen LogP contribution in [-0.4, -0.2) is 118 Å². The molecule has 4 aliphatic rings. The van der Waals surface area contributed by atoms with Crippen molar-refractivity contribution in [2.45, 2.75) is 49.7 Å². The summed E-state index contributed by atoms with van der Waals surface area (Å²) < 4.78 is 6.01. The molecule has 14 nitrogen and oxygen atoms in total. The minimum absolute atomic E-state index is 0.0775. The first kappa shape index (κ1) is 29.3. The smallest absolute Gasteiger partial charge is 0.355 e. The average molecular weight is 609 g/mol. The fourth-order valence-corrected chi connectivity index (χ4v) is 7.71. The van der Waals surface area contributed by atoms with Gasteiger partial charge >= 0.3 is 11.9 Å². The SMILES string of the molecule is COC(=O)C1=C(C[N+]23CCC[C@H]2CNCC3)CS[C@@H]2[C@H](NC(=O)/C(=N\OC(C)(C)C(=O)O)c3csc(N)n3)C(=O)N12. The number of β-lactam (4-membered cyclic amide) rings is 1. The second kappa shape index (κ2) is 11.2. The quantitative estimate of drug-likeness (QED) is 0.0950. The minimum Gasteiger partial charge on any atom is -0.478 e. The molecule has 0 saturated carbocycles. The number of nitrogens with two attached hydrogens (primary N) is 1. The Labute approximate surface area is 244 Å². The lowest BCUT2D eigenvalue weighted by molar-refractivity contribution is -0.936. The monoisotopic (exact) mass is 608 g/mol. The molecule has 4 atom stereocenters. The number of oxime groups is 1. The number of nitrogens with one attached hydrogen (secondary N) is 2. The van der Waals surface area contributed by atoms with E-state index in [-0.39, 0.29) is 22.2 Å². The summed E-state index contributed by atoms with van der Waals surface area (Å²) in [4.78, 5) is 61.9. The zero-order valence-electron chi connectivity index (χ0n) is 23.0. The predicted molar refractivity (Wildman–Crippen MR) is 151 cm³/mol. The predicted octanol–water partition coefficient (Wildman–Crippen LogP) is -0.281. The molecule has 41 heavy (non-hydrogen) atoms. The van der Waals surface area contributed by atoms with Crippen molar-refractivity contribution >= 4 is 57.7 Å². The molecule has 0 aromatic carbocycles. The summed E-state index contributed by atoms with van der Waals surface area (Å²) in [5.41, 5.74) is 4.91. The maximum Gasteiger partial charge on any atom is 0.355 e. The van der Waals surface area contributed by atoms with E-state index in [1.807, 2.05) is 0 Å². The third-order valence-electron chi connectivity index (χ3n) is 8.11. The van der Waals surface area contributed by atoms with E-state index in [1.54, 1.807) is 0 Å². The summed E-state index contributed by atoms with van der Waals surface area (Å²) in [5.74, 6) is -2.58. The third kappa shape index (κ3) is 5.40. The molecule has 5 rings (SSSR count). The highest BCUT2D eigenvalue weighted by Gasteiger charge is 2.56. The van der Waals surface area contributed by atoms with Crippen LogP contribution in [0.4, 0.5) is 5.13 Å². The Morgan fingerprint density at radius 1 is 1.37 bits per heavy atom. The van der Waals surface area contributed by atoms with Gasteiger partial charge in [-0.05, 0) is 13.8 Å². The van der Waals surface area contributed by atoms with Crippen molar-refractivity contribution in [1.29, 1.82) is 0 Å². The van der Waals surface area contributed by atoms with Crippen molar-refractivity contribution in [3.8, 4) is 0 Å². The summed E-state index contributed by atoms with van der Waals surface area (Å²) >= 11 is 2.54. The zero-order valence-corrected chi connectivity index (χ0v) is 24.7. The van der Waals surface area contributed by atoms with Crippen molar-refractivity contribution in [2.24, 2.45) is 5.16 Å². The number of rotatable bonds is 9. The maximum atomic E-state index is 13.5. The second-order valence-electron chi connectivity index (χ2n) is 11.0. The van der Waals surface area contributed by atoms with E-state index in [0.29, 0.717) is 18.3 Å². The van der Waals surface area contributed by atoms with E-state index >= 15 is 0 Å². The first-order valence-electron chi connectivity index (χ1n) is 13.3. The molecule has 16 heteroatoms. The zero-order chi connectivity index (χ0) is 29.5. The van der Waals surface area contributed by atoms with Gasteiger partial charge in [-0.2, -0.15) is 0 Å². The highest BCUT2D eigenvalue weighted by molar-refractivity contribution is 8.00. The van der Waals surface area contributed by atoms with Crippen LogP contribution in [0.1, 0.15) is 32.4 Å². The fourth-order valence-electron chi connectivity index (χ4n) is 5.83. The number of carbonyl (C=O) groups is 4. The lowest BCUT2D eigenvalue weighted by Crippen LogP contribution is -2.71. The normalized spacial score (nSPS) is 28.0. The van der Waals surface area contributed by atoms with Crippen LogP contribution < -0.4 is 16.4 Å². The third-order valence-corrected chi connectivity index (χ3v) is 10.1. The van der Waals surface area contributed by atoms with Crippen LogP contribution in [0.5, 0.6) is 0 Å². The lowest BCUT2D eigenvalue weighted by Gasteiger charge is -2.51. The molecular weight excluding hydrogens is 574 g/mol. The number of nitrogens with zero attached hydrogens (tertiary/aromatic N) is 4. The van der Waals surface area contributed by atoms with E-state index in [4.69, 9.17) is 15.3 Å². The van der Waals surface area contributed by atoms with Gasteiger partial charge in [0.2, 0.25) is 5.60 Å². The largest absolute Gasteiger partial charge is 0.478 e. The van der Waals surface area contributed by atoms with Crippen molar-refractivity contribution in [3.63, 3.8) is 0 Å². The molecule has 1 unspecified atom stereocenters. The number of methoxy groups -OCH3 is 1. The van der Waals surface area contributed by atoms with Crippen LogP contribution in [0.15, 0.2) is 21.8 Å². The van der Waals surface area contributed by atoms with Crippen LogP contribution >= 0.6 is 23.1 Å². The number of fused-ring (bicyclic) bond motifs is 2. The first-order chi connectivity index (χ1) is 19.5. The minimum atomic E-state index is -1.73.